The molecule has 0 saturated heterocycles. The van der Waals surface area contributed by atoms with Crippen molar-refractivity contribution in [2.24, 2.45) is 0 Å². The third-order valence-corrected chi connectivity index (χ3v) is 10.8. The van der Waals surface area contributed by atoms with Gasteiger partial charge < -0.3 is 9.47 Å². The molecule has 10 rings (SSSR count). The zero-order chi connectivity index (χ0) is 25.2. The molecule has 0 unspecified atom stereocenters. The lowest BCUT2D eigenvalue weighted by molar-refractivity contribution is 1.22. The lowest BCUT2D eigenvalue weighted by Crippen LogP contribution is -2.59. The Hall–Kier alpha value is -4.39. The highest BCUT2D eigenvalue weighted by molar-refractivity contribution is 7.35. The molecular weight excluding hydrogens is 513 g/mol. The van der Waals surface area contributed by atoms with Crippen molar-refractivity contribution in [3.8, 4) is 5.00 Å². The maximum Gasteiger partial charge on any atom is 0.266 e. The molecule has 39 heavy (non-hydrogen) atoms. The smallest absolute Gasteiger partial charge is 0.266 e. The summed E-state index contributed by atoms with van der Waals surface area (Å²) in [6.07, 6.45) is 3.99. The molecule has 6 heterocycles. The van der Waals surface area contributed by atoms with E-state index >= 15 is 0 Å². The van der Waals surface area contributed by atoms with Crippen molar-refractivity contribution in [2.45, 2.75) is 0 Å². The molecule has 0 aliphatic carbocycles. The van der Waals surface area contributed by atoms with E-state index in [0.717, 1.165) is 0 Å². The first-order chi connectivity index (χ1) is 19.4. The third kappa shape index (κ3) is 2.43. The van der Waals surface area contributed by atoms with Crippen LogP contribution in [-0.2, 0) is 0 Å². The first-order valence-corrected chi connectivity index (χ1v) is 14.8. The summed E-state index contributed by atoms with van der Waals surface area (Å²) in [5.74, 6) is 0. The van der Waals surface area contributed by atoms with Crippen molar-refractivity contribution in [1.29, 1.82) is 0 Å². The predicted octanol–water partition coefficient (Wildman–Crippen LogP) is 7.22. The van der Waals surface area contributed by atoms with Gasteiger partial charge >= 0.3 is 0 Å². The number of rotatable bonds is 1. The largest absolute Gasteiger partial charge is 0.310 e. The van der Waals surface area contributed by atoms with Gasteiger partial charge in [0.25, 0.3) is 6.71 Å². The molecule has 0 fully saturated rings. The fourth-order valence-electron chi connectivity index (χ4n) is 7.02. The minimum Gasteiger partial charge on any atom is -0.310 e. The summed E-state index contributed by atoms with van der Waals surface area (Å²) >= 11 is 3.83. The monoisotopic (exact) mass is 531 g/mol. The van der Waals surface area contributed by atoms with Gasteiger partial charge in [-0.2, -0.15) is 0 Å². The Morgan fingerprint density at radius 3 is 2.38 bits per heavy atom. The second kappa shape index (κ2) is 7.17. The average molecular weight is 531 g/mol. The molecule has 0 radical (unpaired) electrons. The van der Waals surface area contributed by atoms with Gasteiger partial charge in [0.15, 0.2) is 0 Å². The van der Waals surface area contributed by atoms with E-state index in [9.17, 15) is 0 Å². The van der Waals surface area contributed by atoms with E-state index in [4.69, 9.17) is 0 Å². The van der Waals surface area contributed by atoms with Crippen LogP contribution in [0.3, 0.4) is 0 Å². The standard InChI is InChI=1S/C33H18BN3S2/c1-2-8-19(9-3-1)36-25-15-14-21-20-10-4-6-12-24(20)37-30(21)29(25)34(28-22-16-17-35-18-27(22)39-33(28)37)32-31(36)23-11-5-7-13-26(23)38-32/h1-18H. The molecular formula is C33H18BN3S2. The number of thiophene rings is 2. The van der Waals surface area contributed by atoms with Crippen LogP contribution in [0.4, 0.5) is 17.1 Å². The number of nitrogens with zero attached hydrogens (tertiary/aromatic N) is 3. The number of hydrogen-bond acceptors (Lipinski definition) is 4. The van der Waals surface area contributed by atoms with Gasteiger partial charge in [-0.25, -0.2) is 0 Å². The van der Waals surface area contributed by atoms with E-state index in [0.29, 0.717) is 0 Å². The summed E-state index contributed by atoms with van der Waals surface area (Å²) in [5, 5.41) is 6.60. The van der Waals surface area contributed by atoms with Gasteiger partial charge in [0.2, 0.25) is 0 Å². The Morgan fingerprint density at radius 1 is 0.641 bits per heavy atom. The van der Waals surface area contributed by atoms with Crippen LogP contribution in [0.25, 0.3) is 47.0 Å². The molecule has 4 aromatic heterocycles. The molecule has 180 valence electrons. The zero-order valence-corrected chi connectivity index (χ0v) is 22.3. The van der Waals surface area contributed by atoms with Crippen LogP contribution in [0, 0.1) is 0 Å². The van der Waals surface area contributed by atoms with Gasteiger partial charge in [-0.1, -0.05) is 60.7 Å². The average Bonchev–Trinajstić information content (AvgIpc) is 3.67. The van der Waals surface area contributed by atoms with E-state index in [2.05, 4.69) is 112 Å². The Balaban J connectivity index is 1.47. The highest BCUT2D eigenvalue weighted by Gasteiger charge is 2.45. The van der Waals surface area contributed by atoms with Crippen molar-refractivity contribution < 1.29 is 0 Å². The highest BCUT2D eigenvalue weighted by Crippen LogP contribution is 2.47. The summed E-state index contributed by atoms with van der Waals surface area (Å²) in [6, 6.07) is 35.6. The van der Waals surface area contributed by atoms with Gasteiger partial charge in [-0.05, 0) is 52.7 Å². The molecule has 2 aliphatic rings. The number of fused-ring (bicyclic) bond motifs is 12. The van der Waals surface area contributed by atoms with Crippen LogP contribution in [0.2, 0.25) is 0 Å². The topological polar surface area (TPSA) is 21.1 Å². The van der Waals surface area contributed by atoms with E-state index < -0.39 is 0 Å². The summed E-state index contributed by atoms with van der Waals surface area (Å²) in [4.78, 5) is 7.03. The number of anilines is 3. The van der Waals surface area contributed by atoms with Crippen LogP contribution in [0.5, 0.6) is 0 Å². The lowest BCUT2D eigenvalue weighted by atomic mass is 9.36. The van der Waals surface area contributed by atoms with E-state index in [-0.39, 0.29) is 6.71 Å². The van der Waals surface area contributed by atoms with Crippen molar-refractivity contribution in [3.05, 3.63) is 109 Å². The first kappa shape index (κ1) is 20.6. The molecule has 0 atom stereocenters. The lowest BCUT2D eigenvalue weighted by Gasteiger charge is -2.37. The fraction of sp³-hybridized carbons (Fsp3) is 0. The molecule has 6 heteroatoms. The summed E-state index contributed by atoms with van der Waals surface area (Å²) < 4.78 is 6.55. The predicted molar refractivity (Wildman–Crippen MR) is 169 cm³/mol. The zero-order valence-electron chi connectivity index (χ0n) is 20.6. The molecule has 0 spiro atoms. The molecule has 4 aromatic carbocycles. The van der Waals surface area contributed by atoms with Crippen LogP contribution in [0.1, 0.15) is 0 Å². The highest BCUT2D eigenvalue weighted by atomic mass is 32.1. The summed E-state index contributed by atoms with van der Waals surface area (Å²) in [5.41, 5.74) is 9.24. The molecule has 2 aliphatic heterocycles. The second-order valence-electron chi connectivity index (χ2n) is 10.4. The SMILES string of the molecule is c1ccc(N2c3ccc4c5ccccc5n5c4c3B(c3sc4ccccc4c32)c2c-5sc3cnccc23)cc1. The van der Waals surface area contributed by atoms with Crippen LogP contribution < -0.4 is 20.6 Å². The maximum atomic E-state index is 4.51. The summed E-state index contributed by atoms with van der Waals surface area (Å²) in [7, 11) is 0. The molecule has 0 bridgehead atoms. The molecule has 8 aromatic rings. The number of hydrogen-bond donors (Lipinski definition) is 0. The first-order valence-electron chi connectivity index (χ1n) is 13.2. The Morgan fingerprint density at radius 2 is 1.46 bits per heavy atom. The van der Waals surface area contributed by atoms with Crippen LogP contribution in [0.15, 0.2) is 109 Å². The van der Waals surface area contributed by atoms with Gasteiger partial charge in [-0.3, -0.25) is 4.98 Å². The molecule has 3 nitrogen and oxygen atoms in total. The van der Waals surface area contributed by atoms with Crippen molar-refractivity contribution >= 4 is 104 Å². The Kier molecular flexibility index (Phi) is 3.78. The van der Waals surface area contributed by atoms with Gasteiger partial charge in [0.1, 0.15) is 0 Å². The van der Waals surface area contributed by atoms with Crippen molar-refractivity contribution in [2.75, 3.05) is 4.90 Å². The van der Waals surface area contributed by atoms with Crippen molar-refractivity contribution in [3.63, 3.8) is 0 Å². The Bertz CT molecular complexity index is 2310. The number of benzene rings is 4. The second-order valence-corrected chi connectivity index (χ2v) is 12.5. The number of para-hydroxylation sites is 2. The van der Waals surface area contributed by atoms with E-state index in [1.165, 1.54) is 79.7 Å². The van der Waals surface area contributed by atoms with Crippen LogP contribution in [-0.4, -0.2) is 16.3 Å². The van der Waals surface area contributed by atoms with Crippen LogP contribution >= 0.6 is 22.7 Å². The molecule has 0 saturated carbocycles. The van der Waals surface area contributed by atoms with Gasteiger partial charge in [0.05, 0.1) is 26.4 Å². The van der Waals surface area contributed by atoms with Crippen molar-refractivity contribution in [1.82, 2.24) is 9.55 Å². The minimum atomic E-state index is 0.166. The number of pyridine rings is 1. The number of aromatic nitrogens is 2. The maximum absolute atomic E-state index is 4.51. The normalized spacial score (nSPS) is 13.5. The third-order valence-electron chi connectivity index (χ3n) is 8.48. The minimum absolute atomic E-state index is 0.166. The van der Waals surface area contributed by atoms with Gasteiger partial charge in [0, 0.05) is 49.4 Å². The van der Waals surface area contributed by atoms with E-state index in [1.54, 1.807) is 0 Å². The van der Waals surface area contributed by atoms with Gasteiger partial charge in [-0.15, -0.1) is 22.7 Å². The Labute approximate surface area is 232 Å². The quantitative estimate of drug-likeness (QED) is 0.209. The molecule has 0 amide bonds. The van der Waals surface area contributed by atoms with E-state index in [1.807, 2.05) is 35.1 Å². The summed E-state index contributed by atoms with van der Waals surface area (Å²) in [6.45, 7) is 0.166. The fourth-order valence-corrected chi connectivity index (χ4v) is 9.55. The molecule has 0 N–H and O–H groups in total.